The molecule has 1 atom stereocenters. The van der Waals surface area contributed by atoms with Crippen molar-refractivity contribution in [1.82, 2.24) is 4.98 Å². The van der Waals surface area contributed by atoms with Gasteiger partial charge in [0.25, 0.3) is 0 Å². The van der Waals surface area contributed by atoms with Gasteiger partial charge >= 0.3 is 0 Å². The molecule has 1 N–H and O–H groups in total. The van der Waals surface area contributed by atoms with E-state index in [2.05, 4.69) is 9.88 Å². The Morgan fingerprint density at radius 3 is 2.86 bits per heavy atom. The first kappa shape index (κ1) is 9.89. The molecule has 0 saturated carbocycles. The number of rotatable bonds is 2. The molecular formula is C9H14N2O2S. The smallest absolute Gasteiger partial charge is 0.185 e. The van der Waals surface area contributed by atoms with Crippen molar-refractivity contribution in [3.05, 3.63) is 11.1 Å². The molecule has 78 valence electrons. The van der Waals surface area contributed by atoms with Gasteiger partial charge in [0.05, 0.1) is 24.2 Å². The second kappa shape index (κ2) is 4.25. The molecule has 1 unspecified atom stereocenters. The number of thiazole rings is 1. The molecule has 0 bridgehead atoms. The highest BCUT2D eigenvalue weighted by Crippen LogP contribution is 2.27. The molecule has 0 aliphatic carbocycles. The number of hydrogen-bond donors (Lipinski definition) is 1. The standard InChI is InChI=1S/C9H14N2O2S/c1-7(12)8-6-10-9(14-8)11-2-4-13-5-3-11/h6-7,12H,2-5H2,1H3. The summed E-state index contributed by atoms with van der Waals surface area (Å²) in [7, 11) is 0. The molecule has 14 heavy (non-hydrogen) atoms. The fourth-order valence-corrected chi connectivity index (χ4v) is 2.27. The summed E-state index contributed by atoms with van der Waals surface area (Å²) in [6.45, 7) is 5.09. The Labute approximate surface area is 87.1 Å². The Morgan fingerprint density at radius 1 is 1.57 bits per heavy atom. The van der Waals surface area contributed by atoms with Crippen molar-refractivity contribution < 1.29 is 9.84 Å². The van der Waals surface area contributed by atoms with Crippen LogP contribution in [0.5, 0.6) is 0 Å². The van der Waals surface area contributed by atoms with E-state index in [0.29, 0.717) is 0 Å². The Balaban J connectivity index is 2.07. The molecule has 1 saturated heterocycles. The van der Waals surface area contributed by atoms with Crippen molar-refractivity contribution in [1.29, 1.82) is 0 Å². The van der Waals surface area contributed by atoms with Crippen molar-refractivity contribution in [2.45, 2.75) is 13.0 Å². The molecule has 1 aliphatic heterocycles. The van der Waals surface area contributed by atoms with Crippen LogP contribution in [-0.2, 0) is 4.74 Å². The molecule has 4 nitrogen and oxygen atoms in total. The van der Waals surface area contributed by atoms with Crippen LogP contribution in [0, 0.1) is 0 Å². The van der Waals surface area contributed by atoms with Gasteiger partial charge in [-0.2, -0.15) is 0 Å². The molecule has 1 aliphatic rings. The summed E-state index contributed by atoms with van der Waals surface area (Å²) in [5.74, 6) is 0. The normalized spacial score (nSPS) is 19.7. The zero-order chi connectivity index (χ0) is 9.97. The molecule has 0 amide bonds. The molecule has 0 radical (unpaired) electrons. The predicted molar refractivity (Wildman–Crippen MR) is 55.8 cm³/mol. The van der Waals surface area contributed by atoms with E-state index in [1.807, 2.05) is 0 Å². The van der Waals surface area contributed by atoms with Gasteiger partial charge in [-0.05, 0) is 6.92 Å². The number of ether oxygens (including phenoxy) is 1. The number of hydrogen-bond acceptors (Lipinski definition) is 5. The van der Waals surface area contributed by atoms with E-state index in [1.165, 1.54) is 0 Å². The van der Waals surface area contributed by atoms with Gasteiger partial charge in [-0.3, -0.25) is 0 Å². The highest BCUT2D eigenvalue weighted by Gasteiger charge is 2.15. The third-order valence-electron chi connectivity index (χ3n) is 2.20. The number of aliphatic hydroxyl groups excluding tert-OH is 1. The predicted octanol–water partition coefficient (Wildman–Crippen LogP) is 1.03. The number of nitrogens with zero attached hydrogens (tertiary/aromatic N) is 2. The van der Waals surface area contributed by atoms with Crippen molar-refractivity contribution in [3.63, 3.8) is 0 Å². The van der Waals surface area contributed by atoms with Gasteiger partial charge in [-0.25, -0.2) is 4.98 Å². The van der Waals surface area contributed by atoms with Crippen molar-refractivity contribution in [3.8, 4) is 0 Å². The maximum Gasteiger partial charge on any atom is 0.185 e. The SMILES string of the molecule is CC(O)c1cnc(N2CCOCC2)s1. The average molecular weight is 214 g/mol. The van der Waals surface area contributed by atoms with Crippen LogP contribution in [0.15, 0.2) is 6.20 Å². The van der Waals surface area contributed by atoms with Crippen LogP contribution >= 0.6 is 11.3 Å². The van der Waals surface area contributed by atoms with Crippen LogP contribution in [0.1, 0.15) is 17.9 Å². The zero-order valence-corrected chi connectivity index (χ0v) is 8.96. The molecule has 2 heterocycles. The average Bonchev–Trinajstić information content (AvgIpc) is 2.68. The minimum Gasteiger partial charge on any atom is -0.388 e. The van der Waals surface area contributed by atoms with Crippen LogP contribution in [-0.4, -0.2) is 36.4 Å². The van der Waals surface area contributed by atoms with E-state index in [-0.39, 0.29) is 0 Å². The summed E-state index contributed by atoms with van der Waals surface area (Å²) in [6.07, 6.45) is 1.34. The van der Waals surface area contributed by atoms with E-state index in [9.17, 15) is 5.11 Å². The number of aromatic nitrogens is 1. The molecule has 2 rings (SSSR count). The third-order valence-corrected chi connectivity index (χ3v) is 3.43. The maximum atomic E-state index is 9.36. The van der Waals surface area contributed by atoms with Gasteiger partial charge in [0.15, 0.2) is 5.13 Å². The molecular weight excluding hydrogens is 200 g/mol. The van der Waals surface area contributed by atoms with Crippen LogP contribution in [0.2, 0.25) is 0 Å². The van der Waals surface area contributed by atoms with Crippen molar-refractivity contribution in [2.75, 3.05) is 31.2 Å². The van der Waals surface area contributed by atoms with Gasteiger partial charge < -0.3 is 14.7 Å². The van der Waals surface area contributed by atoms with Crippen LogP contribution < -0.4 is 4.90 Å². The minimum absolute atomic E-state index is 0.415. The van der Waals surface area contributed by atoms with E-state index in [4.69, 9.17) is 4.74 Å². The first-order valence-electron chi connectivity index (χ1n) is 4.74. The maximum absolute atomic E-state index is 9.36. The van der Waals surface area contributed by atoms with Crippen LogP contribution in [0.4, 0.5) is 5.13 Å². The Kier molecular flexibility index (Phi) is 3.00. The summed E-state index contributed by atoms with van der Waals surface area (Å²) >= 11 is 1.56. The van der Waals surface area contributed by atoms with E-state index in [1.54, 1.807) is 24.5 Å². The highest BCUT2D eigenvalue weighted by atomic mass is 32.1. The molecule has 5 heteroatoms. The first-order chi connectivity index (χ1) is 6.77. The summed E-state index contributed by atoms with van der Waals surface area (Å²) in [5.41, 5.74) is 0. The summed E-state index contributed by atoms with van der Waals surface area (Å²) in [6, 6.07) is 0. The van der Waals surface area contributed by atoms with Gasteiger partial charge in [0.1, 0.15) is 0 Å². The lowest BCUT2D eigenvalue weighted by Gasteiger charge is -2.26. The number of aliphatic hydroxyl groups is 1. The molecule has 1 aromatic heterocycles. The first-order valence-corrected chi connectivity index (χ1v) is 5.55. The van der Waals surface area contributed by atoms with Gasteiger partial charge in [0, 0.05) is 19.3 Å². The Hall–Kier alpha value is -0.650. The zero-order valence-electron chi connectivity index (χ0n) is 8.14. The highest BCUT2D eigenvalue weighted by molar-refractivity contribution is 7.15. The van der Waals surface area contributed by atoms with Crippen LogP contribution in [0.3, 0.4) is 0 Å². The van der Waals surface area contributed by atoms with E-state index < -0.39 is 6.10 Å². The fourth-order valence-electron chi connectivity index (χ4n) is 1.37. The Bertz CT molecular complexity index is 295. The summed E-state index contributed by atoms with van der Waals surface area (Å²) in [5, 5.41) is 10.4. The third kappa shape index (κ3) is 2.05. The van der Waals surface area contributed by atoms with Crippen LogP contribution in [0.25, 0.3) is 0 Å². The minimum atomic E-state index is -0.415. The van der Waals surface area contributed by atoms with E-state index in [0.717, 1.165) is 36.3 Å². The second-order valence-electron chi connectivity index (χ2n) is 3.32. The van der Waals surface area contributed by atoms with Gasteiger partial charge in [-0.15, -0.1) is 0 Å². The van der Waals surface area contributed by atoms with Crippen molar-refractivity contribution >= 4 is 16.5 Å². The largest absolute Gasteiger partial charge is 0.388 e. The van der Waals surface area contributed by atoms with Gasteiger partial charge in [0.2, 0.25) is 0 Å². The fraction of sp³-hybridized carbons (Fsp3) is 0.667. The van der Waals surface area contributed by atoms with Crippen molar-refractivity contribution in [2.24, 2.45) is 0 Å². The second-order valence-corrected chi connectivity index (χ2v) is 4.36. The summed E-state index contributed by atoms with van der Waals surface area (Å²) in [4.78, 5) is 7.41. The number of anilines is 1. The lowest BCUT2D eigenvalue weighted by atomic mass is 10.4. The topological polar surface area (TPSA) is 45.6 Å². The molecule has 1 fully saturated rings. The monoisotopic (exact) mass is 214 g/mol. The van der Waals surface area contributed by atoms with E-state index >= 15 is 0 Å². The lowest BCUT2D eigenvalue weighted by molar-refractivity contribution is 0.122. The Morgan fingerprint density at radius 2 is 2.29 bits per heavy atom. The molecule has 0 aromatic carbocycles. The molecule has 1 aromatic rings. The summed E-state index contributed by atoms with van der Waals surface area (Å²) < 4.78 is 5.26. The molecule has 0 spiro atoms. The number of morpholine rings is 1. The quantitative estimate of drug-likeness (QED) is 0.798. The lowest BCUT2D eigenvalue weighted by Crippen LogP contribution is -2.36. The van der Waals surface area contributed by atoms with Gasteiger partial charge in [-0.1, -0.05) is 11.3 Å².